The Morgan fingerprint density at radius 1 is 1.32 bits per heavy atom. The molecule has 0 radical (unpaired) electrons. The van der Waals surface area contributed by atoms with Crippen LogP contribution in [-0.2, 0) is 12.1 Å². The molecule has 1 saturated carbocycles. The lowest BCUT2D eigenvalue weighted by Gasteiger charge is -2.43. The van der Waals surface area contributed by atoms with Crippen molar-refractivity contribution in [2.75, 3.05) is 0 Å². The van der Waals surface area contributed by atoms with Gasteiger partial charge in [-0.25, -0.2) is 0 Å². The number of rotatable bonds is 1. The first-order valence-electron chi connectivity index (χ1n) is 6.65. The highest BCUT2D eigenvalue weighted by Gasteiger charge is 2.40. The van der Waals surface area contributed by atoms with Crippen LogP contribution in [0.1, 0.15) is 35.3 Å². The van der Waals surface area contributed by atoms with Gasteiger partial charge in [-0.3, -0.25) is 9.79 Å². The molecule has 96 valence electrons. The highest BCUT2D eigenvalue weighted by Crippen LogP contribution is 2.43. The predicted octanol–water partition coefficient (Wildman–Crippen LogP) is 2.20. The van der Waals surface area contributed by atoms with Gasteiger partial charge in [0.2, 0.25) is 5.91 Å². The minimum atomic E-state index is -0.371. The van der Waals surface area contributed by atoms with Crippen LogP contribution in [0.15, 0.2) is 29.3 Å². The first-order valence-corrected chi connectivity index (χ1v) is 6.65. The summed E-state index contributed by atoms with van der Waals surface area (Å²) in [5.41, 5.74) is 8.35. The third kappa shape index (κ3) is 1.34. The van der Waals surface area contributed by atoms with Gasteiger partial charge in [0, 0.05) is 28.4 Å². The molecule has 2 heterocycles. The zero-order valence-corrected chi connectivity index (χ0v) is 10.6. The fourth-order valence-electron chi connectivity index (χ4n) is 3.31. The molecule has 2 aromatic rings. The van der Waals surface area contributed by atoms with Crippen molar-refractivity contribution in [2.45, 2.75) is 31.3 Å². The second-order valence-electron chi connectivity index (χ2n) is 5.54. The average Bonchev–Trinajstić information content (AvgIpc) is 2.74. The van der Waals surface area contributed by atoms with E-state index in [1.807, 2.05) is 12.1 Å². The Balaban J connectivity index is 2.01. The van der Waals surface area contributed by atoms with E-state index in [1.54, 1.807) is 6.07 Å². The van der Waals surface area contributed by atoms with Gasteiger partial charge in [-0.05, 0) is 37.5 Å². The summed E-state index contributed by atoms with van der Waals surface area (Å²) in [5.74, 6) is -0.371. The number of hydrogen-bond acceptors (Lipinski definition) is 2. The van der Waals surface area contributed by atoms with Crippen molar-refractivity contribution in [3.8, 4) is 0 Å². The van der Waals surface area contributed by atoms with Gasteiger partial charge in [0.1, 0.15) is 0 Å². The minimum absolute atomic E-state index is 0.0472. The van der Waals surface area contributed by atoms with E-state index in [0.717, 1.165) is 30.3 Å². The maximum Gasteiger partial charge on any atom is 0.248 e. The molecule has 4 nitrogen and oxygen atoms in total. The van der Waals surface area contributed by atoms with Gasteiger partial charge in [-0.15, -0.1) is 0 Å². The summed E-state index contributed by atoms with van der Waals surface area (Å²) in [6, 6.07) is 7.87. The molecule has 0 atom stereocenters. The molecule has 1 amide bonds. The summed E-state index contributed by atoms with van der Waals surface area (Å²) in [5, 5.41) is 1.16. The Morgan fingerprint density at radius 3 is 2.84 bits per heavy atom. The summed E-state index contributed by atoms with van der Waals surface area (Å²) in [4.78, 5) is 15.9. The summed E-state index contributed by atoms with van der Waals surface area (Å²) >= 11 is 0. The quantitative estimate of drug-likeness (QED) is 0.832. The summed E-state index contributed by atoms with van der Waals surface area (Å²) in [6.07, 6.45) is 5.60. The van der Waals surface area contributed by atoms with Gasteiger partial charge in [0.25, 0.3) is 0 Å². The molecule has 1 spiro atoms. The number of carbonyl (C=O) groups is 1. The van der Waals surface area contributed by atoms with E-state index in [-0.39, 0.29) is 11.4 Å². The Hall–Kier alpha value is -2.10. The van der Waals surface area contributed by atoms with Gasteiger partial charge in [0.05, 0.1) is 12.1 Å². The molecular weight excluding hydrogens is 238 g/mol. The molecule has 19 heavy (non-hydrogen) atoms. The van der Waals surface area contributed by atoms with Gasteiger partial charge >= 0.3 is 0 Å². The lowest BCUT2D eigenvalue weighted by atomic mass is 9.76. The van der Waals surface area contributed by atoms with Crippen LogP contribution in [-0.4, -0.2) is 16.7 Å². The molecular formula is C15H15N3O. The number of nitrogens with two attached hydrogens (primary N) is 1. The third-order valence-corrected chi connectivity index (χ3v) is 4.41. The molecule has 0 bridgehead atoms. The zero-order chi connectivity index (χ0) is 13.0. The van der Waals surface area contributed by atoms with E-state index in [4.69, 9.17) is 5.73 Å². The first kappa shape index (κ1) is 10.8. The van der Waals surface area contributed by atoms with Crippen LogP contribution in [0.25, 0.3) is 10.9 Å². The number of carbonyl (C=O) groups excluding carboxylic acids is 1. The highest BCUT2D eigenvalue weighted by molar-refractivity contribution is 5.97. The van der Waals surface area contributed by atoms with E-state index in [1.165, 1.54) is 12.1 Å². The second-order valence-corrected chi connectivity index (χ2v) is 5.54. The van der Waals surface area contributed by atoms with Crippen LogP contribution in [0.2, 0.25) is 0 Å². The molecule has 1 aromatic carbocycles. The Kier molecular flexibility index (Phi) is 1.97. The van der Waals surface area contributed by atoms with Gasteiger partial charge in [0.15, 0.2) is 0 Å². The Bertz CT molecular complexity index is 722. The van der Waals surface area contributed by atoms with Crippen LogP contribution < -0.4 is 5.73 Å². The Labute approximate surface area is 110 Å². The van der Waals surface area contributed by atoms with Crippen LogP contribution in [0.4, 0.5) is 0 Å². The number of fused-ring (bicyclic) bond motifs is 4. The van der Waals surface area contributed by atoms with Gasteiger partial charge in [-0.1, -0.05) is 6.07 Å². The smallest absolute Gasteiger partial charge is 0.248 e. The van der Waals surface area contributed by atoms with Crippen molar-refractivity contribution in [1.82, 2.24) is 4.57 Å². The number of aromatic nitrogens is 1. The number of amides is 1. The first-order chi connectivity index (χ1) is 9.20. The van der Waals surface area contributed by atoms with Gasteiger partial charge in [-0.2, -0.15) is 0 Å². The molecule has 0 saturated heterocycles. The number of nitrogens with zero attached hydrogens (tertiary/aromatic N) is 2. The summed E-state index contributed by atoms with van der Waals surface area (Å²) in [7, 11) is 0. The van der Waals surface area contributed by atoms with Crippen molar-refractivity contribution in [3.05, 3.63) is 35.5 Å². The molecule has 1 aromatic heterocycles. The molecule has 1 aliphatic carbocycles. The maximum absolute atomic E-state index is 11.4. The van der Waals surface area contributed by atoms with Crippen molar-refractivity contribution in [2.24, 2.45) is 10.7 Å². The van der Waals surface area contributed by atoms with Crippen molar-refractivity contribution in [3.63, 3.8) is 0 Å². The number of benzene rings is 1. The predicted molar refractivity (Wildman–Crippen MR) is 74.5 cm³/mol. The van der Waals surface area contributed by atoms with E-state index in [9.17, 15) is 4.79 Å². The van der Waals surface area contributed by atoms with Crippen molar-refractivity contribution < 1.29 is 4.79 Å². The average molecular weight is 253 g/mol. The molecule has 2 aliphatic rings. The molecule has 4 heteroatoms. The lowest BCUT2D eigenvalue weighted by molar-refractivity contribution is 0.100. The van der Waals surface area contributed by atoms with Crippen LogP contribution in [0.5, 0.6) is 0 Å². The highest BCUT2D eigenvalue weighted by atomic mass is 16.1. The fourth-order valence-corrected chi connectivity index (χ4v) is 3.31. The topological polar surface area (TPSA) is 60.4 Å². The van der Waals surface area contributed by atoms with E-state index in [0.29, 0.717) is 5.56 Å². The van der Waals surface area contributed by atoms with E-state index < -0.39 is 0 Å². The van der Waals surface area contributed by atoms with Crippen molar-refractivity contribution in [1.29, 1.82) is 0 Å². The zero-order valence-electron chi connectivity index (χ0n) is 10.6. The second kappa shape index (κ2) is 3.47. The molecule has 1 aliphatic heterocycles. The standard InChI is InChI=1S/C15H15N3O/c16-14(19)11-3-2-10-6-12-8-17-9-15(4-1-5-15)18(12)13(10)7-11/h2-3,6-7,9H,1,4-5,8H2,(H2,16,19). The monoisotopic (exact) mass is 253 g/mol. The maximum atomic E-state index is 11.4. The number of hydrogen-bond donors (Lipinski definition) is 1. The largest absolute Gasteiger partial charge is 0.366 e. The van der Waals surface area contributed by atoms with Crippen LogP contribution in [0.3, 0.4) is 0 Å². The summed E-state index contributed by atoms with van der Waals surface area (Å²) in [6.45, 7) is 0.725. The SMILES string of the molecule is NC(=O)c1ccc2cc3n(c2c1)C1(C=NC3)CCC1. The van der Waals surface area contributed by atoms with Gasteiger partial charge < -0.3 is 10.3 Å². The number of primary amides is 1. The minimum Gasteiger partial charge on any atom is -0.366 e. The van der Waals surface area contributed by atoms with E-state index in [2.05, 4.69) is 21.8 Å². The molecule has 0 unspecified atom stereocenters. The molecule has 2 N–H and O–H groups in total. The summed E-state index contributed by atoms with van der Waals surface area (Å²) < 4.78 is 2.37. The molecule has 1 fully saturated rings. The van der Waals surface area contributed by atoms with E-state index >= 15 is 0 Å². The fraction of sp³-hybridized carbons (Fsp3) is 0.333. The third-order valence-electron chi connectivity index (χ3n) is 4.41. The van der Waals surface area contributed by atoms with Crippen molar-refractivity contribution >= 4 is 23.0 Å². The number of aliphatic imine (C=N–C) groups is 1. The normalized spacial score (nSPS) is 19.4. The lowest BCUT2D eigenvalue weighted by Crippen LogP contribution is -2.44. The van der Waals surface area contributed by atoms with Crippen LogP contribution in [0, 0.1) is 0 Å². The van der Waals surface area contributed by atoms with Crippen LogP contribution >= 0.6 is 0 Å². The Morgan fingerprint density at radius 2 is 2.16 bits per heavy atom. The molecule has 4 rings (SSSR count).